The summed E-state index contributed by atoms with van der Waals surface area (Å²) in [6.45, 7) is 2.81. The number of aromatic nitrogens is 3. The van der Waals surface area contributed by atoms with Crippen molar-refractivity contribution in [3.8, 4) is 5.69 Å². The molecule has 0 fully saturated rings. The van der Waals surface area contributed by atoms with Gasteiger partial charge in [-0.05, 0) is 19.1 Å². The first-order valence-electron chi connectivity index (χ1n) is 5.72. The Balaban J connectivity index is 2.28. The van der Waals surface area contributed by atoms with Crippen LogP contribution in [-0.4, -0.2) is 34.3 Å². The number of anilines is 1. The maximum absolute atomic E-state index is 11.4. The van der Waals surface area contributed by atoms with Gasteiger partial charge < -0.3 is 10.6 Å². The highest BCUT2D eigenvalue weighted by Gasteiger charge is 2.08. The standard InChI is InChI=1S/C12H15N5O/c1-3-14-11-8-9(4-6-15-11)17-7-5-10(16-17)12(18)13-2/h4-8H,3H2,1-2H3,(H,13,18)(H,14,15). The van der Waals surface area contributed by atoms with Crippen LogP contribution in [0, 0.1) is 0 Å². The molecule has 0 aromatic carbocycles. The Hall–Kier alpha value is -2.37. The van der Waals surface area contributed by atoms with E-state index in [1.165, 1.54) is 0 Å². The molecule has 0 saturated heterocycles. The van der Waals surface area contributed by atoms with Crippen LogP contribution < -0.4 is 10.6 Å². The zero-order chi connectivity index (χ0) is 13.0. The molecule has 2 aromatic heterocycles. The third-order valence-corrected chi connectivity index (χ3v) is 2.41. The average molecular weight is 245 g/mol. The maximum Gasteiger partial charge on any atom is 0.271 e. The first-order chi connectivity index (χ1) is 8.74. The van der Waals surface area contributed by atoms with E-state index in [9.17, 15) is 4.79 Å². The van der Waals surface area contributed by atoms with Crippen molar-refractivity contribution in [1.29, 1.82) is 0 Å². The average Bonchev–Trinajstić information content (AvgIpc) is 2.88. The van der Waals surface area contributed by atoms with Crippen molar-refractivity contribution in [3.05, 3.63) is 36.3 Å². The van der Waals surface area contributed by atoms with Gasteiger partial charge in [0.25, 0.3) is 5.91 Å². The lowest BCUT2D eigenvalue weighted by Gasteiger charge is -2.05. The molecule has 0 atom stereocenters. The monoisotopic (exact) mass is 245 g/mol. The minimum Gasteiger partial charge on any atom is -0.370 e. The van der Waals surface area contributed by atoms with E-state index in [0.29, 0.717) is 5.69 Å². The summed E-state index contributed by atoms with van der Waals surface area (Å²) in [6.07, 6.45) is 3.45. The molecule has 0 bridgehead atoms. The third kappa shape index (κ3) is 2.48. The van der Waals surface area contributed by atoms with Crippen molar-refractivity contribution in [2.45, 2.75) is 6.92 Å². The minimum atomic E-state index is -0.199. The molecule has 0 aliphatic carbocycles. The fourth-order valence-corrected chi connectivity index (χ4v) is 1.56. The quantitative estimate of drug-likeness (QED) is 0.844. The predicted molar refractivity (Wildman–Crippen MR) is 68.9 cm³/mol. The van der Waals surface area contributed by atoms with E-state index >= 15 is 0 Å². The van der Waals surface area contributed by atoms with Gasteiger partial charge in [0.15, 0.2) is 5.69 Å². The minimum absolute atomic E-state index is 0.199. The molecule has 0 spiro atoms. The van der Waals surface area contributed by atoms with E-state index in [1.54, 1.807) is 30.2 Å². The van der Waals surface area contributed by atoms with Gasteiger partial charge in [0.05, 0.1) is 5.69 Å². The van der Waals surface area contributed by atoms with Crippen LogP contribution >= 0.6 is 0 Å². The van der Waals surface area contributed by atoms with E-state index in [4.69, 9.17) is 0 Å². The first-order valence-corrected chi connectivity index (χ1v) is 5.72. The number of nitrogens with one attached hydrogen (secondary N) is 2. The number of carbonyl (C=O) groups excluding carboxylic acids is 1. The molecule has 2 heterocycles. The largest absolute Gasteiger partial charge is 0.370 e. The molecule has 0 aliphatic heterocycles. The van der Waals surface area contributed by atoms with Crippen molar-refractivity contribution in [3.63, 3.8) is 0 Å². The smallest absolute Gasteiger partial charge is 0.271 e. The highest BCUT2D eigenvalue weighted by molar-refractivity contribution is 5.91. The molecular formula is C12H15N5O. The molecule has 6 nitrogen and oxygen atoms in total. The zero-order valence-corrected chi connectivity index (χ0v) is 10.3. The van der Waals surface area contributed by atoms with Crippen LogP contribution in [0.25, 0.3) is 5.69 Å². The van der Waals surface area contributed by atoms with Crippen molar-refractivity contribution in [2.75, 3.05) is 18.9 Å². The Labute approximate surface area is 105 Å². The lowest BCUT2D eigenvalue weighted by molar-refractivity contribution is 0.0958. The fraction of sp³-hybridized carbons (Fsp3) is 0.250. The van der Waals surface area contributed by atoms with Gasteiger partial charge in [0, 0.05) is 32.1 Å². The number of rotatable bonds is 4. The van der Waals surface area contributed by atoms with Gasteiger partial charge in [-0.2, -0.15) is 5.10 Å². The molecule has 1 amide bonds. The third-order valence-electron chi connectivity index (χ3n) is 2.41. The van der Waals surface area contributed by atoms with Gasteiger partial charge in [-0.25, -0.2) is 9.67 Å². The van der Waals surface area contributed by atoms with Gasteiger partial charge in [-0.15, -0.1) is 0 Å². The van der Waals surface area contributed by atoms with Gasteiger partial charge >= 0.3 is 0 Å². The van der Waals surface area contributed by atoms with Crippen LogP contribution in [0.3, 0.4) is 0 Å². The number of carbonyl (C=O) groups is 1. The normalized spacial score (nSPS) is 10.1. The summed E-state index contributed by atoms with van der Waals surface area (Å²) in [5.41, 5.74) is 1.25. The van der Waals surface area contributed by atoms with Crippen LogP contribution in [-0.2, 0) is 0 Å². The first kappa shape index (κ1) is 12.1. The van der Waals surface area contributed by atoms with Crippen molar-refractivity contribution < 1.29 is 4.79 Å². The van der Waals surface area contributed by atoms with E-state index in [1.807, 2.05) is 19.1 Å². The van der Waals surface area contributed by atoms with E-state index in [0.717, 1.165) is 18.1 Å². The Morgan fingerprint density at radius 1 is 1.44 bits per heavy atom. The van der Waals surface area contributed by atoms with Crippen LogP contribution in [0.5, 0.6) is 0 Å². The Morgan fingerprint density at radius 3 is 3.00 bits per heavy atom. The molecule has 2 aromatic rings. The molecule has 0 aliphatic rings. The van der Waals surface area contributed by atoms with Crippen LogP contribution in [0.15, 0.2) is 30.6 Å². The number of amides is 1. The van der Waals surface area contributed by atoms with Gasteiger partial charge in [0.2, 0.25) is 0 Å². The number of hydrogen-bond acceptors (Lipinski definition) is 4. The van der Waals surface area contributed by atoms with Crippen molar-refractivity contribution in [1.82, 2.24) is 20.1 Å². The summed E-state index contributed by atoms with van der Waals surface area (Å²) < 4.78 is 1.65. The Bertz CT molecular complexity index is 549. The Kier molecular flexibility index (Phi) is 3.57. The summed E-state index contributed by atoms with van der Waals surface area (Å²) >= 11 is 0. The zero-order valence-electron chi connectivity index (χ0n) is 10.3. The van der Waals surface area contributed by atoms with Crippen molar-refractivity contribution >= 4 is 11.7 Å². The topological polar surface area (TPSA) is 71.8 Å². The molecule has 0 saturated carbocycles. The van der Waals surface area contributed by atoms with Crippen molar-refractivity contribution in [2.24, 2.45) is 0 Å². The summed E-state index contributed by atoms with van der Waals surface area (Å²) in [5.74, 6) is 0.585. The highest BCUT2D eigenvalue weighted by Crippen LogP contribution is 2.11. The fourth-order valence-electron chi connectivity index (χ4n) is 1.56. The maximum atomic E-state index is 11.4. The summed E-state index contributed by atoms with van der Waals surface area (Å²) in [5, 5.41) is 9.87. The van der Waals surface area contributed by atoms with Gasteiger partial charge in [-0.3, -0.25) is 4.79 Å². The second-order valence-corrected chi connectivity index (χ2v) is 3.65. The van der Waals surface area contributed by atoms with E-state index < -0.39 is 0 Å². The summed E-state index contributed by atoms with van der Waals surface area (Å²) in [6, 6.07) is 5.39. The second-order valence-electron chi connectivity index (χ2n) is 3.65. The lowest BCUT2D eigenvalue weighted by Crippen LogP contribution is -2.18. The molecule has 18 heavy (non-hydrogen) atoms. The lowest BCUT2D eigenvalue weighted by atomic mass is 10.4. The molecule has 2 N–H and O–H groups in total. The van der Waals surface area contributed by atoms with Gasteiger partial charge in [-0.1, -0.05) is 0 Å². The molecule has 94 valence electrons. The van der Waals surface area contributed by atoms with E-state index in [-0.39, 0.29) is 5.91 Å². The number of hydrogen-bond donors (Lipinski definition) is 2. The molecule has 6 heteroatoms. The molecule has 0 radical (unpaired) electrons. The predicted octanol–water partition coefficient (Wildman–Crippen LogP) is 1.06. The molecule has 0 unspecified atom stereocenters. The number of nitrogens with zero attached hydrogens (tertiary/aromatic N) is 3. The molecule has 2 rings (SSSR count). The molecular weight excluding hydrogens is 230 g/mol. The second kappa shape index (κ2) is 5.31. The highest BCUT2D eigenvalue weighted by atomic mass is 16.1. The summed E-state index contributed by atoms with van der Waals surface area (Å²) in [4.78, 5) is 15.6. The number of pyridine rings is 1. The van der Waals surface area contributed by atoms with Crippen LogP contribution in [0.1, 0.15) is 17.4 Å². The summed E-state index contributed by atoms with van der Waals surface area (Å²) in [7, 11) is 1.58. The SMILES string of the molecule is CCNc1cc(-n2ccc(C(=O)NC)n2)ccn1. The van der Waals surface area contributed by atoms with E-state index in [2.05, 4.69) is 20.7 Å². The van der Waals surface area contributed by atoms with Gasteiger partial charge in [0.1, 0.15) is 5.82 Å². The Morgan fingerprint density at radius 2 is 2.28 bits per heavy atom. The van der Waals surface area contributed by atoms with Crippen LogP contribution in [0.2, 0.25) is 0 Å². The van der Waals surface area contributed by atoms with Crippen LogP contribution in [0.4, 0.5) is 5.82 Å².